The van der Waals surface area contributed by atoms with Crippen LogP contribution in [0.3, 0.4) is 0 Å². The lowest BCUT2D eigenvalue weighted by Gasteiger charge is -2.27. The lowest BCUT2D eigenvalue weighted by molar-refractivity contribution is 0.179. The van der Waals surface area contributed by atoms with Gasteiger partial charge >= 0.3 is 0 Å². The van der Waals surface area contributed by atoms with Crippen LogP contribution in [0.4, 0.5) is 10.2 Å². The molecule has 2 aromatic heterocycles. The highest BCUT2D eigenvalue weighted by atomic mass is 19.1. The van der Waals surface area contributed by atoms with Gasteiger partial charge < -0.3 is 19.6 Å². The second-order valence-corrected chi connectivity index (χ2v) is 7.52. The molecular formula is C22H21FN4O3. The summed E-state index contributed by atoms with van der Waals surface area (Å²) in [5.41, 5.74) is 2.60. The van der Waals surface area contributed by atoms with Crippen molar-refractivity contribution in [1.29, 1.82) is 0 Å². The maximum atomic E-state index is 14.4. The number of hydrogen-bond donors (Lipinski definition) is 2. The second kappa shape index (κ2) is 7.53. The van der Waals surface area contributed by atoms with Crippen LogP contribution >= 0.6 is 0 Å². The van der Waals surface area contributed by atoms with Crippen molar-refractivity contribution in [3.63, 3.8) is 0 Å². The van der Waals surface area contributed by atoms with Gasteiger partial charge in [0.2, 0.25) is 0 Å². The molecule has 1 fully saturated rings. The van der Waals surface area contributed by atoms with Crippen molar-refractivity contribution in [2.75, 3.05) is 20.2 Å². The Bertz CT molecular complexity index is 1170. The Morgan fingerprint density at radius 1 is 1.33 bits per heavy atom. The Hall–Kier alpha value is -3.26. The fourth-order valence-corrected chi connectivity index (χ4v) is 4.12. The average Bonchev–Trinajstić information content (AvgIpc) is 3.32. The third-order valence-electron chi connectivity index (χ3n) is 5.73. The first-order chi connectivity index (χ1) is 14.7. The molecule has 0 aliphatic carbocycles. The number of aromatic nitrogens is 1. The van der Waals surface area contributed by atoms with E-state index in [0.717, 1.165) is 24.1 Å². The molecule has 2 aliphatic heterocycles. The largest absolute Gasteiger partial charge is 0.504 e. The van der Waals surface area contributed by atoms with Crippen LogP contribution in [0.15, 0.2) is 45.1 Å². The normalized spacial score (nSPS) is 22.0. The van der Waals surface area contributed by atoms with Gasteiger partial charge in [-0.25, -0.2) is 9.37 Å². The predicted octanol–water partition coefficient (Wildman–Crippen LogP) is 4.63. The van der Waals surface area contributed by atoms with Crippen molar-refractivity contribution in [2.45, 2.75) is 19.0 Å². The van der Waals surface area contributed by atoms with E-state index in [1.807, 2.05) is 6.07 Å². The number of aromatic hydroxyl groups is 1. The molecule has 0 bridgehead atoms. The molecule has 2 N–H and O–H groups in total. The summed E-state index contributed by atoms with van der Waals surface area (Å²) in [6, 6.07) is 7.20. The second-order valence-electron chi connectivity index (χ2n) is 7.52. The van der Waals surface area contributed by atoms with Gasteiger partial charge in [-0.05, 0) is 49.6 Å². The Morgan fingerprint density at radius 2 is 2.23 bits per heavy atom. The van der Waals surface area contributed by atoms with Crippen molar-refractivity contribution < 1.29 is 18.7 Å². The third kappa shape index (κ3) is 3.13. The van der Waals surface area contributed by atoms with Gasteiger partial charge in [0.1, 0.15) is 23.2 Å². The first-order valence-electron chi connectivity index (χ1n) is 9.90. The fourth-order valence-electron chi connectivity index (χ4n) is 4.12. The van der Waals surface area contributed by atoms with Gasteiger partial charge in [-0.1, -0.05) is 0 Å². The first-order valence-corrected chi connectivity index (χ1v) is 9.90. The van der Waals surface area contributed by atoms with Crippen LogP contribution in [0, 0.1) is 5.92 Å². The van der Waals surface area contributed by atoms with Crippen LogP contribution in [-0.4, -0.2) is 36.5 Å². The minimum atomic E-state index is -0.938. The number of nitrogens with one attached hydrogen (secondary N) is 1. The van der Waals surface area contributed by atoms with Gasteiger partial charge in [0.15, 0.2) is 17.3 Å². The molecule has 1 aromatic carbocycles. The number of furan rings is 1. The van der Waals surface area contributed by atoms with Gasteiger partial charge in [0, 0.05) is 29.9 Å². The van der Waals surface area contributed by atoms with Crippen molar-refractivity contribution in [3.8, 4) is 11.5 Å². The molecule has 7 nitrogen and oxygen atoms in total. The van der Waals surface area contributed by atoms with Gasteiger partial charge in [-0.15, -0.1) is 10.2 Å². The van der Waals surface area contributed by atoms with E-state index in [2.05, 4.69) is 20.5 Å². The first kappa shape index (κ1) is 18.7. The van der Waals surface area contributed by atoms with Crippen LogP contribution in [0.2, 0.25) is 0 Å². The molecule has 154 valence electrons. The van der Waals surface area contributed by atoms with Crippen LogP contribution in [0.1, 0.15) is 23.3 Å². The van der Waals surface area contributed by atoms with Gasteiger partial charge in [-0.2, -0.15) is 0 Å². The zero-order valence-corrected chi connectivity index (χ0v) is 16.4. The van der Waals surface area contributed by atoms with E-state index in [0.29, 0.717) is 41.2 Å². The molecule has 0 radical (unpaired) electrons. The molecule has 2 aliphatic rings. The summed E-state index contributed by atoms with van der Waals surface area (Å²) in [6.45, 7) is 1.13. The molecule has 3 aromatic rings. The molecule has 1 saturated heterocycles. The highest BCUT2D eigenvalue weighted by Crippen LogP contribution is 2.42. The Kier molecular flexibility index (Phi) is 4.71. The standard InChI is InChI=1S/C22H21FN4O3/c1-29-18-5-4-14-20(28)19(10-17-13-3-2-7-25-22(13)27-26-17)30-21(14)15(18)9-12-6-8-24-11-16(12)23/h2-5,7,10,12,16,24,28H,6,8-9,11H2,1H3/b17-10-/t12-,16-/m1/s1. The number of hydrogen-bond acceptors (Lipinski definition) is 7. The quantitative estimate of drug-likeness (QED) is 0.657. The highest BCUT2D eigenvalue weighted by Gasteiger charge is 2.28. The number of piperidine rings is 1. The van der Waals surface area contributed by atoms with E-state index in [1.165, 1.54) is 0 Å². The molecule has 30 heavy (non-hydrogen) atoms. The summed E-state index contributed by atoms with van der Waals surface area (Å²) in [5, 5.41) is 22.6. The van der Waals surface area contributed by atoms with Crippen molar-refractivity contribution in [1.82, 2.24) is 10.3 Å². The van der Waals surface area contributed by atoms with E-state index in [4.69, 9.17) is 9.15 Å². The third-order valence-corrected chi connectivity index (χ3v) is 5.73. The number of methoxy groups -OCH3 is 1. The van der Waals surface area contributed by atoms with Crippen LogP contribution in [0.25, 0.3) is 22.7 Å². The zero-order chi connectivity index (χ0) is 20.7. The molecular weight excluding hydrogens is 387 g/mol. The Balaban J connectivity index is 1.58. The van der Waals surface area contributed by atoms with Gasteiger partial charge in [0.05, 0.1) is 12.5 Å². The highest BCUT2D eigenvalue weighted by molar-refractivity contribution is 5.95. The predicted molar refractivity (Wildman–Crippen MR) is 111 cm³/mol. The van der Waals surface area contributed by atoms with Crippen LogP contribution in [0.5, 0.6) is 11.5 Å². The Morgan fingerprint density at radius 3 is 3.07 bits per heavy atom. The van der Waals surface area contributed by atoms with E-state index >= 15 is 0 Å². The number of azo groups is 1. The number of rotatable bonds is 4. The number of fused-ring (bicyclic) bond motifs is 2. The minimum absolute atomic E-state index is 0.0102. The molecule has 0 spiro atoms. The molecule has 5 rings (SSSR count). The smallest absolute Gasteiger partial charge is 0.183 e. The molecule has 4 heterocycles. The van der Waals surface area contributed by atoms with Gasteiger partial charge in [-0.3, -0.25) is 0 Å². The SMILES string of the molecule is COc1ccc2c(O)c(/C=C3\N=Nc4ncccc43)oc2c1C[C@H]1CCNC[C@H]1F. The number of pyridine rings is 1. The molecule has 0 amide bonds. The zero-order valence-electron chi connectivity index (χ0n) is 16.4. The summed E-state index contributed by atoms with van der Waals surface area (Å²) in [5.74, 6) is 1.29. The average molecular weight is 408 g/mol. The summed E-state index contributed by atoms with van der Waals surface area (Å²) in [6.07, 6.45) is 3.56. The lowest BCUT2D eigenvalue weighted by atomic mass is 9.88. The van der Waals surface area contributed by atoms with Crippen LogP contribution < -0.4 is 10.1 Å². The molecule has 0 unspecified atom stereocenters. The maximum Gasteiger partial charge on any atom is 0.183 e. The lowest BCUT2D eigenvalue weighted by Crippen LogP contribution is -2.38. The van der Waals surface area contributed by atoms with Crippen molar-refractivity contribution >= 4 is 28.6 Å². The van der Waals surface area contributed by atoms with E-state index in [-0.39, 0.29) is 17.4 Å². The monoisotopic (exact) mass is 408 g/mol. The number of benzene rings is 1. The minimum Gasteiger partial charge on any atom is -0.504 e. The van der Waals surface area contributed by atoms with E-state index in [9.17, 15) is 9.50 Å². The fraction of sp³-hybridized carbons (Fsp3) is 0.318. The number of alkyl halides is 1. The summed E-state index contributed by atoms with van der Waals surface area (Å²) in [7, 11) is 1.58. The number of ether oxygens (including phenoxy) is 1. The maximum absolute atomic E-state index is 14.4. The number of nitrogens with zero attached hydrogens (tertiary/aromatic N) is 3. The van der Waals surface area contributed by atoms with Crippen LogP contribution in [-0.2, 0) is 6.42 Å². The van der Waals surface area contributed by atoms with Gasteiger partial charge in [0.25, 0.3) is 0 Å². The van der Waals surface area contributed by atoms with E-state index in [1.54, 1.807) is 37.6 Å². The summed E-state index contributed by atoms with van der Waals surface area (Å²) >= 11 is 0. The Labute approximate surface area is 172 Å². The molecule has 8 heteroatoms. The number of halogens is 1. The topological polar surface area (TPSA) is 92.2 Å². The van der Waals surface area contributed by atoms with Crippen molar-refractivity contribution in [3.05, 3.63) is 47.3 Å². The van der Waals surface area contributed by atoms with Crippen molar-refractivity contribution in [2.24, 2.45) is 16.1 Å². The summed E-state index contributed by atoms with van der Waals surface area (Å²) < 4.78 is 26.0. The molecule has 0 saturated carbocycles. The summed E-state index contributed by atoms with van der Waals surface area (Å²) in [4.78, 5) is 4.17. The van der Waals surface area contributed by atoms with E-state index < -0.39 is 6.17 Å². The molecule has 2 atom stereocenters.